The molecular weight excluding hydrogens is 326 g/mol. The summed E-state index contributed by atoms with van der Waals surface area (Å²) in [5.41, 5.74) is 3.25. The van der Waals surface area contributed by atoms with E-state index in [9.17, 15) is 4.79 Å². The van der Waals surface area contributed by atoms with E-state index in [1.165, 1.54) is 12.0 Å². The maximum atomic E-state index is 12.5. The van der Waals surface area contributed by atoms with Crippen LogP contribution < -0.4 is 5.32 Å². The first kappa shape index (κ1) is 18.6. The predicted octanol–water partition coefficient (Wildman–Crippen LogP) is 2.59. The topological polar surface area (TPSA) is 63.1 Å². The van der Waals surface area contributed by atoms with E-state index in [0.717, 1.165) is 42.9 Å². The van der Waals surface area contributed by atoms with Gasteiger partial charge in [-0.15, -0.1) is 5.10 Å². The Bertz CT molecular complexity index is 742. The van der Waals surface area contributed by atoms with Gasteiger partial charge in [-0.3, -0.25) is 4.79 Å². The zero-order chi connectivity index (χ0) is 18.7. The molecule has 1 amide bonds. The molecule has 2 atom stereocenters. The molecule has 0 bridgehead atoms. The Labute approximate surface area is 155 Å². The molecule has 1 aliphatic rings. The van der Waals surface area contributed by atoms with Gasteiger partial charge in [0.1, 0.15) is 0 Å². The van der Waals surface area contributed by atoms with E-state index in [-0.39, 0.29) is 5.91 Å². The van der Waals surface area contributed by atoms with Gasteiger partial charge in [-0.05, 0) is 44.2 Å². The number of nitrogens with one attached hydrogen (secondary N) is 1. The third kappa shape index (κ3) is 4.30. The van der Waals surface area contributed by atoms with Crippen molar-refractivity contribution >= 4 is 5.91 Å². The molecule has 6 nitrogen and oxygen atoms in total. The second kappa shape index (κ2) is 7.99. The van der Waals surface area contributed by atoms with E-state index in [0.29, 0.717) is 12.2 Å². The molecule has 2 unspecified atom stereocenters. The molecule has 0 saturated carbocycles. The summed E-state index contributed by atoms with van der Waals surface area (Å²) in [4.78, 5) is 14.9. The summed E-state index contributed by atoms with van der Waals surface area (Å²) in [6.07, 6.45) is 1.30. The van der Waals surface area contributed by atoms with E-state index in [1.54, 1.807) is 4.68 Å². The smallest absolute Gasteiger partial charge is 0.273 e. The summed E-state index contributed by atoms with van der Waals surface area (Å²) < 4.78 is 1.71. The molecule has 1 aliphatic heterocycles. The normalized spacial score (nSPS) is 20.9. The van der Waals surface area contributed by atoms with Gasteiger partial charge in [-0.1, -0.05) is 36.8 Å². The minimum absolute atomic E-state index is 0.154. The van der Waals surface area contributed by atoms with Gasteiger partial charge >= 0.3 is 0 Å². The fourth-order valence-electron chi connectivity index (χ4n) is 3.86. The van der Waals surface area contributed by atoms with Crippen molar-refractivity contribution in [3.63, 3.8) is 0 Å². The van der Waals surface area contributed by atoms with E-state index in [4.69, 9.17) is 0 Å². The second-order valence-electron chi connectivity index (χ2n) is 7.73. The highest BCUT2D eigenvalue weighted by molar-refractivity contribution is 5.93. The van der Waals surface area contributed by atoms with Crippen LogP contribution in [0.5, 0.6) is 0 Å². The number of nitrogens with zero attached hydrogens (tertiary/aromatic N) is 4. The van der Waals surface area contributed by atoms with Crippen molar-refractivity contribution in [2.45, 2.75) is 34.1 Å². The van der Waals surface area contributed by atoms with Crippen molar-refractivity contribution in [1.29, 1.82) is 0 Å². The van der Waals surface area contributed by atoms with Crippen molar-refractivity contribution in [3.8, 4) is 5.69 Å². The van der Waals surface area contributed by atoms with Gasteiger partial charge < -0.3 is 10.2 Å². The van der Waals surface area contributed by atoms with Crippen molar-refractivity contribution < 1.29 is 4.79 Å². The minimum Gasteiger partial charge on any atom is -0.349 e. The first-order valence-electron chi connectivity index (χ1n) is 9.44. The highest BCUT2D eigenvalue weighted by Gasteiger charge is 2.22. The standard InChI is InChI=1S/C20H29N5O/c1-14-5-7-18(8-6-14)25-17(4)19(22-23-25)20(26)21-9-10-24-12-15(2)11-16(3)13-24/h5-8,15-16H,9-13H2,1-4H3,(H,21,26). The molecule has 1 aromatic carbocycles. The fourth-order valence-corrected chi connectivity index (χ4v) is 3.86. The van der Waals surface area contributed by atoms with E-state index in [2.05, 4.69) is 34.4 Å². The van der Waals surface area contributed by atoms with Crippen LogP contribution in [0.25, 0.3) is 5.69 Å². The number of amides is 1. The van der Waals surface area contributed by atoms with Crippen LogP contribution in [0, 0.1) is 25.7 Å². The summed E-state index contributed by atoms with van der Waals surface area (Å²) in [7, 11) is 0. The van der Waals surface area contributed by atoms with Crippen LogP contribution in [-0.4, -0.2) is 52.0 Å². The number of aromatic nitrogens is 3. The lowest BCUT2D eigenvalue weighted by Gasteiger charge is -2.34. The number of hydrogen-bond donors (Lipinski definition) is 1. The molecule has 1 fully saturated rings. The molecule has 1 saturated heterocycles. The molecule has 0 radical (unpaired) electrons. The zero-order valence-corrected chi connectivity index (χ0v) is 16.2. The van der Waals surface area contributed by atoms with Crippen LogP contribution in [0.4, 0.5) is 0 Å². The number of carbonyl (C=O) groups excluding carboxylic acids is 1. The number of hydrogen-bond acceptors (Lipinski definition) is 4. The van der Waals surface area contributed by atoms with Gasteiger partial charge in [0.2, 0.25) is 0 Å². The fraction of sp³-hybridized carbons (Fsp3) is 0.550. The first-order valence-corrected chi connectivity index (χ1v) is 9.44. The van der Waals surface area contributed by atoms with Gasteiger partial charge in [0.25, 0.3) is 5.91 Å². The quantitative estimate of drug-likeness (QED) is 0.895. The third-order valence-corrected chi connectivity index (χ3v) is 5.05. The Morgan fingerprint density at radius 3 is 2.46 bits per heavy atom. The van der Waals surface area contributed by atoms with Crippen molar-refractivity contribution in [2.24, 2.45) is 11.8 Å². The van der Waals surface area contributed by atoms with Crippen LogP contribution in [0.3, 0.4) is 0 Å². The van der Waals surface area contributed by atoms with Crippen LogP contribution in [0.2, 0.25) is 0 Å². The Kier molecular flexibility index (Phi) is 5.71. The molecule has 1 aromatic heterocycles. The number of likely N-dealkylation sites (tertiary alicyclic amines) is 1. The summed E-state index contributed by atoms with van der Waals surface area (Å²) in [5, 5.41) is 11.2. The van der Waals surface area contributed by atoms with Crippen LogP contribution in [0.1, 0.15) is 42.0 Å². The first-order chi connectivity index (χ1) is 12.4. The summed E-state index contributed by atoms with van der Waals surface area (Å²) in [6.45, 7) is 12.3. The van der Waals surface area contributed by atoms with Crippen molar-refractivity contribution in [2.75, 3.05) is 26.2 Å². The Hall–Kier alpha value is -2.21. The molecule has 140 valence electrons. The second-order valence-corrected chi connectivity index (χ2v) is 7.73. The van der Waals surface area contributed by atoms with Crippen LogP contribution >= 0.6 is 0 Å². The van der Waals surface area contributed by atoms with Gasteiger partial charge in [-0.25, -0.2) is 4.68 Å². The maximum Gasteiger partial charge on any atom is 0.273 e. The van der Waals surface area contributed by atoms with Crippen molar-refractivity contribution in [3.05, 3.63) is 41.2 Å². The third-order valence-electron chi connectivity index (χ3n) is 5.05. The average molecular weight is 355 g/mol. The van der Waals surface area contributed by atoms with E-state index >= 15 is 0 Å². The molecule has 2 heterocycles. The molecule has 26 heavy (non-hydrogen) atoms. The van der Waals surface area contributed by atoms with E-state index < -0.39 is 0 Å². The van der Waals surface area contributed by atoms with Crippen LogP contribution in [0.15, 0.2) is 24.3 Å². The van der Waals surface area contributed by atoms with Gasteiger partial charge in [0.15, 0.2) is 5.69 Å². The average Bonchev–Trinajstić information content (AvgIpc) is 2.96. The number of rotatable bonds is 5. The molecular formula is C20H29N5O. The lowest BCUT2D eigenvalue weighted by atomic mass is 9.92. The predicted molar refractivity (Wildman–Crippen MR) is 103 cm³/mol. The highest BCUT2D eigenvalue weighted by atomic mass is 16.2. The molecule has 0 aliphatic carbocycles. The van der Waals surface area contributed by atoms with E-state index in [1.807, 2.05) is 38.1 Å². The molecule has 1 N–H and O–H groups in total. The number of carbonyl (C=O) groups is 1. The molecule has 2 aromatic rings. The molecule has 3 rings (SSSR count). The summed E-state index contributed by atoms with van der Waals surface area (Å²) in [6, 6.07) is 8.02. The highest BCUT2D eigenvalue weighted by Crippen LogP contribution is 2.20. The Balaban J connectivity index is 1.58. The molecule has 6 heteroatoms. The van der Waals surface area contributed by atoms with Crippen LogP contribution in [-0.2, 0) is 0 Å². The lowest BCUT2D eigenvalue weighted by molar-refractivity contribution is 0.0931. The lowest BCUT2D eigenvalue weighted by Crippen LogP contribution is -2.43. The monoisotopic (exact) mass is 355 g/mol. The Morgan fingerprint density at radius 2 is 1.81 bits per heavy atom. The van der Waals surface area contributed by atoms with Gasteiger partial charge in [-0.2, -0.15) is 0 Å². The number of aryl methyl sites for hydroxylation is 1. The summed E-state index contributed by atoms with van der Waals surface area (Å²) >= 11 is 0. The summed E-state index contributed by atoms with van der Waals surface area (Å²) in [5.74, 6) is 1.30. The SMILES string of the molecule is Cc1ccc(-n2nnc(C(=O)NCCN3CC(C)CC(C)C3)c2C)cc1. The maximum absolute atomic E-state index is 12.5. The largest absolute Gasteiger partial charge is 0.349 e. The van der Waals surface area contributed by atoms with Gasteiger partial charge in [0, 0.05) is 26.2 Å². The van der Waals surface area contributed by atoms with Gasteiger partial charge in [0.05, 0.1) is 11.4 Å². The zero-order valence-electron chi connectivity index (χ0n) is 16.2. The van der Waals surface area contributed by atoms with Crippen molar-refractivity contribution in [1.82, 2.24) is 25.2 Å². The number of piperidine rings is 1. The minimum atomic E-state index is -0.154. The Morgan fingerprint density at radius 1 is 1.15 bits per heavy atom. The molecule has 0 spiro atoms. The number of benzene rings is 1.